The number of allylic oxidation sites excluding steroid dienone is 3. The predicted octanol–water partition coefficient (Wildman–Crippen LogP) is 1.66. The molecule has 0 aliphatic carbocycles. The van der Waals surface area contributed by atoms with Crippen LogP contribution < -0.4 is 5.32 Å². The van der Waals surface area contributed by atoms with Crippen LogP contribution in [0.15, 0.2) is 44.7 Å². The van der Waals surface area contributed by atoms with Crippen LogP contribution in [0.3, 0.4) is 0 Å². The van der Waals surface area contributed by atoms with Crippen LogP contribution in [0.2, 0.25) is 0 Å². The molecule has 1 aromatic rings. The molecule has 0 amide bonds. The van der Waals surface area contributed by atoms with Gasteiger partial charge in [0.15, 0.2) is 0 Å². The first-order valence-corrected chi connectivity index (χ1v) is 8.84. The number of Topliss-reactive ketones (excluding diaryl/α,β-unsaturated/α-hetero) is 1. The van der Waals surface area contributed by atoms with Crippen LogP contribution in [0.1, 0.15) is 29.8 Å². The van der Waals surface area contributed by atoms with Crippen molar-refractivity contribution >= 4 is 22.0 Å². The van der Waals surface area contributed by atoms with E-state index in [4.69, 9.17) is 0 Å². The summed E-state index contributed by atoms with van der Waals surface area (Å²) >= 11 is 0. The fourth-order valence-electron chi connectivity index (χ4n) is 2.70. The van der Waals surface area contributed by atoms with Crippen LogP contribution in [0.4, 0.5) is 0 Å². The Balaban J connectivity index is 0. The number of nitrogens with zero attached hydrogens (tertiary/aromatic N) is 2. The van der Waals surface area contributed by atoms with Crippen LogP contribution in [0.25, 0.3) is 0 Å². The molecule has 2 aliphatic heterocycles. The molecule has 2 aliphatic rings. The average molecular weight is 699 g/mol. The molecular formula is C17H17N3O3SY4-2. The third-order valence-electron chi connectivity index (χ3n) is 4.05. The van der Waals surface area contributed by atoms with Crippen LogP contribution in [0, 0.1) is 13.0 Å². The smallest absolute Gasteiger partial charge is 0.228 e. The fraction of sp³-hybridized carbons (Fsp3) is 0.294. The van der Waals surface area contributed by atoms with Crippen LogP contribution >= 0.6 is 0 Å². The van der Waals surface area contributed by atoms with Gasteiger partial charge in [0.2, 0.25) is 10.0 Å². The van der Waals surface area contributed by atoms with E-state index in [1.165, 1.54) is 13.1 Å². The zero-order valence-electron chi connectivity index (χ0n) is 16.2. The largest absolute Gasteiger partial charge is 0.407 e. The number of nitrogens with one attached hydrogen (secondary N) is 1. The summed E-state index contributed by atoms with van der Waals surface area (Å²) in [4.78, 5) is 16.9. The molecule has 0 spiro atoms. The SMILES string of the molecule is CC1=C(N/C(C)=C2/C(=O)c3[c-]c(C)ccc3S(=O)(=O)N2C)[C-]=NC1.[Y].[Y].[Y].[Y]. The summed E-state index contributed by atoms with van der Waals surface area (Å²) in [5.41, 5.74) is 2.95. The molecule has 4 radical (unpaired) electrons. The molecule has 11 heteroatoms. The minimum Gasteiger partial charge on any atom is -0.407 e. The number of hydrogen-bond donors (Lipinski definition) is 1. The molecule has 0 atom stereocenters. The van der Waals surface area contributed by atoms with Gasteiger partial charge in [-0.25, -0.2) is 8.42 Å². The van der Waals surface area contributed by atoms with E-state index in [0.29, 0.717) is 23.5 Å². The number of fused-ring (bicyclic) bond motifs is 1. The first kappa shape index (κ1) is 32.2. The monoisotopic (exact) mass is 699 g/mol. The number of benzene rings is 1. The molecule has 0 saturated carbocycles. The molecule has 138 valence electrons. The Labute approximate surface area is 267 Å². The summed E-state index contributed by atoms with van der Waals surface area (Å²) in [6.07, 6.45) is 2.83. The Kier molecular flexibility index (Phi) is 14.8. The van der Waals surface area contributed by atoms with E-state index in [2.05, 4.69) is 22.6 Å². The Morgan fingerprint density at radius 3 is 2.32 bits per heavy atom. The minimum atomic E-state index is -3.79. The van der Waals surface area contributed by atoms with Gasteiger partial charge in [-0.15, -0.1) is 42.6 Å². The standard InChI is InChI=1S/C17H17N3O3S.4Y/c1-10-5-6-15-13(7-10)17(21)16(20(4)24(15,22)23)12(3)19-14-9-18-8-11(14)2;;;;/h5-6,19H,8H2,1-4H3;;;;/q-2;;;;/b16-12-;;;;. The predicted molar refractivity (Wildman–Crippen MR) is 90.1 cm³/mol. The first-order valence-electron chi connectivity index (χ1n) is 7.40. The number of carbonyl (C=O) groups excluding carboxylic acids is 1. The van der Waals surface area contributed by atoms with E-state index < -0.39 is 10.0 Å². The van der Waals surface area contributed by atoms with Gasteiger partial charge >= 0.3 is 0 Å². The number of carbonyl (C=O) groups is 1. The number of rotatable bonds is 2. The summed E-state index contributed by atoms with van der Waals surface area (Å²) in [6.45, 7) is 5.88. The number of ketones is 1. The summed E-state index contributed by atoms with van der Waals surface area (Å²) < 4.78 is 26.5. The van der Waals surface area contributed by atoms with Gasteiger partial charge < -0.3 is 15.1 Å². The molecule has 0 bridgehead atoms. The van der Waals surface area contributed by atoms with Crippen molar-refractivity contribution in [2.24, 2.45) is 4.99 Å². The normalized spacial score (nSPS) is 18.1. The van der Waals surface area contributed by atoms with Gasteiger partial charge in [-0.05, 0) is 13.5 Å². The van der Waals surface area contributed by atoms with Crippen molar-refractivity contribution < 1.29 is 144 Å². The molecule has 1 N–H and O–H groups in total. The van der Waals surface area contributed by atoms with Crippen LogP contribution in [-0.2, 0) is 141 Å². The van der Waals surface area contributed by atoms with Gasteiger partial charge in [-0.2, -0.15) is 5.57 Å². The molecule has 2 heterocycles. The van der Waals surface area contributed by atoms with Gasteiger partial charge in [0, 0.05) is 148 Å². The summed E-state index contributed by atoms with van der Waals surface area (Å²) in [7, 11) is -2.41. The molecule has 0 saturated heterocycles. The van der Waals surface area contributed by atoms with Crippen molar-refractivity contribution in [3.63, 3.8) is 0 Å². The van der Waals surface area contributed by atoms with Crippen molar-refractivity contribution in [3.05, 3.63) is 52.0 Å². The van der Waals surface area contributed by atoms with E-state index in [1.54, 1.807) is 19.9 Å². The van der Waals surface area contributed by atoms with Crippen LogP contribution in [-0.4, -0.2) is 38.3 Å². The van der Waals surface area contributed by atoms with E-state index in [0.717, 1.165) is 9.88 Å². The number of hydrogen-bond acceptors (Lipinski definition) is 5. The van der Waals surface area contributed by atoms with E-state index in [1.807, 2.05) is 6.92 Å². The Hall–Kier alpha value is 2.01. The second-order valence-electron chi connectivity index (χ2n) is 5.86. The minimum absolute atomic E-state index is 0. The maximum Gasteiger partial charge on any atom is 0.228 e. The van der Waals surface area contributed by atoms with Crippen molar-refractivity contribution in [1.29, 1.82) is 0 Å². The number of aryl methyl sites for hydroxylation is 1. The summed E-state index contributed by atoms with van der Waals surface area (Å²) in [6, 6.07) is 5.96. The van der Waals surface area contributed by atoms with Crippen LogP contribution in [0.5, 0.6) is 0 Å². The molecule has 0 aromatic heterocycles. The number of sulfonamides is 1. The summed E-state index contributed by atoms with van der Waals surface area (Å²) in [5, 5.41) is 3.06. The second-order valence-corrected chi connectivity index (χ2v) is 7.80. The Morgan fingerprint density at radius 1 is 1.18 bits per heavy atom. The molecule has 3 rings (SSSR count). The Morgan fingerprint density at radius 2 is 1.79 bits per heavy atom. The number of aliphatic imine (C=N–C) groups is 1. The van der Waals surface area contributed by atoms with Gasteiger partial charge in [0.25, 0.3) is 0 Å². The second kappa shape index (κ2) is 12.9. The Bertz CT molecular complexity index is 956. The van der Waals surface area contributed by atoms with E-state index in [-0.39, 0.29) is 153 Å². The zero-order valence-corrected chi connectivity index (χ0v) is 28.4. The van der Waals surface area contributed by atoms with Crippen molar-refractivity contribution in [2.75, 3.05) is 13.6 Å². The zero-order chi connectivity index (χ0) is 17.6. The maximum absolute atomic E-state index is 12.9. The first-order chi connectivity index (χ1) is 11.2. The third kappa shape index (κ3) is 6.29. The van der Waals surface area contributed by atoms with E-state index in [9.17, 15) is 13.2 Å². The van der Waals surface area contributed by atoms with Gasteiger partial charge in [0.05, 0.1) is 5.70 Å². The molecule has 28 heavy (non-hydrogen) atoms. The van der Waals surface area contributed by atoms with Crippen molar-refractivity contribution in [2.45, 2.75) is 25.7 Å². The number of likely N-dealkylation sites (N-methyl/N-ethyl adjacent to an activating group) is 1. The van der Waals surface area contributed by atoms with Crippen molar-refractivity contribution in [3.8, 4) is 0 Å². The van der Waals surface area contributed by atoms with Gasteiger partial charge in [0.1, 0.15) is 5.78 Å². The fourth-order valence-corrected chi connectivity index (χ4v) is 4.09. The topological polar surface area (TPSA) is 78.8 Å². The molecule has 1 aromatic carbocycles. The molecule has 0 fully saturated rings. The van der Waals surface area contributed by atoms with Crippen molar-refractivity contribution in [1.82, 2.24) is 9.62 Å². The van der Waals surface area contributed by atoms with Gasteiger partial charge in [-0.3, -0.25) is 4.31 Å². The maximum atomic E-state index is 12.9. The quantitative estimate of drug-likeness (QED) is 0.377. The average Bonchev–Trinajstić information content (AvgIpc) is 2.90. The van der Waals surface area contributed by atoms with E-state index >= 15 is 0 Å². The third-order valence-corrected chi connectivity index (χ3v) is 5.85. The molecular weight excluding hydrogens is 682 g/mol. The molecule has 0 unspecified atom stereocenters. The summed E-state index contributed by atoms with van der Waals surface area (Å²) in [5.74, 6) is -0.371. The van der Waals surface area contributed by atoms with Gasteiger partial charge in [-0.1, -0.05) is 12.5 Å². The molecule has 6 nitrogen and oxygen atoms in total.